The minimum absolute atomic E-state index is 0.101. The van der Waals surface area contributed by atoms with Gasteiger partial charge in [0.1, 0.15) is 24.3 Å². The number of benzene rings is 2. The second-order valence-electron chi connectivity index (χ2n) is 6.14. The van der Waals surface area contributed by atoms with Gasteiger partial charge in [0.15, 0.2) is 0 Å². The van der Waals surface area contributed by atoms with Gasteiger partial charge in [-0.15, -0.1) is 0 Å². The molecule has 0 aliphatic carbocycles. The van der Waals surface area contributed by atoms with Gasteiger partial charge in [-0.2, -0.15) is 0 Å². The van der Waals surface area contributed by atoms with E-state index in [9.17, 15) is 13.6 Å². The molecule has 1 unspecified atom stereocenters. The molecule has 0 aliphatic rings. The Bertz CT molecular complexity index is 937. The van der Waals surface area contributed by atoms with Gasteiger partial charge in [0, 0.05) is 12.3 Å². The molecular formula is C21H19F2NO3. The van der Waals surface area contributed by atoms with Crippen LogP contribution in [0.25, 0.3) is 0 Å². The molecule has 3 rings (SSSR count). The van der Waals surface area contributed by atoms with Crippen molar-refractivity contribution in [3.63, 3.8) is 0 Å². The lowest BCUT2D eigenvalue weighted by molar-refractivity contribution is 0.280. The number of halogens is 2. The van der Waals surface area contributed by atoms with Crippen LogP contribution < -0.4 is 10.3 Å². The van der Waals surface area contributed by atoms with Gasteiger partial charge < -0.3 is 14.4 Å². The van der Waals surface area contributed by atoms with Crippen molar-refractivity contribution in [1.82, 2.24) is 4.57 Å². The molecule has 1 atom stereocenters. The zero-order valence-electron chi connectivity index (χ0n) is 14.5. The van der Waals surface area contributed by atoms with Crippen molar-refractivity contribution < 1.29 is 18.6 Å². The van der Waals surface area contributed by atoms with Crippen molar-refractivity contribution in [2.24, 2.45) is 0 Å². The molecule has 3 aromatic rings. The molecule has 0 saturated carbocycles. The first-order chi connectivity index (χ1) is 13.0. The molecule has 1 N–H and O–H groups in total. The highest BCUT2D eigenvalue weighted by Crippen LogP contribution is 2.20. The number of pyridine rings is 1. The van der Waals surface area contributed by atoms with Crippen molar-refractivity contribution in [3.8, 4) is 5.75 Å². The third-order valence-corrected chi connectivity index (χ3v) is 4.17. The SMILES string of the molecule is O=c1cc(OCc2ccc(F)cc2)ccn1CC(F)c1ccc(CO)cc1. The highest BCUT2D eigenvalue weighted by Gasteiger charge is 2.12. The summed E-state index contributed by atoms with van der Waals surface area (Å²) >= 11 is 0. The predicted molar refractivity (Wildman–Crippen MR) is 97.6 cm³/mol. The molecule has 0 radical (unpaired) electrons. The molecule has 0 bridgehead atoms. The van der Waals surface area contributed by atoms with E-state index in [1.807, 2.05) is 0 Å². The number of aromatic nitrogens is 1. The van der Waals surface area contributed by atoms with Gasteiger partial charge in [0.25, 0.3) is 5.56 Å². The van der Waals surface area contributed by atoms with Gasteiger partial charge in [0.2, 0.25) is 0 Å². The Morgan fingerprint density at radius 3 is 2.30 bits per heavy atom. The maximum absolute atomic E-state index is 14.5. The average molecular weight is 371 g/mol. The molecule has 2 aromatic carbocycles. The highest BCUT2D eigenvalue weighted by molar-refractivity contribution is 5.24. The monoisotopic (exact) mass is 371 g/mol. The Morgan fingerprint density at radius 1 is 1.00 bits per heavy atom. The van der Waals surface area contributed by atoms with Gasteiger partial charge in [-0.05, 0) is 34.9 Å². The van der Waals surface area contributed by atoms with Gasteiger partial charge >= 0.3 is 0 Å². The summed E-state index contributed by atoms with van der Waals surface area (Å²) in [6.45, 7) is -0.0156. The van der Waals surface area contributed by atoms with E-state index in [0.717, 1.165) is 5.56 Å². The van der Waals surface area contributed by atoms with Crippen LogP contribution in [0, 0.1) is 5.82 Å². The highest BCUT2D eigenvalue weighted by atomic mass is 19.1. The van der Waals surface area contributed by atoms with Crippen LogP contribution in [0.1, 0.15) is 22.9 Å². The summed E-state index contributed by atoms with van der Waals surface area (Å²) in [5, 5.41) is 9.03. The number of aliphatic hydroxyl groups excluding tert-OH is 1. The summed E-state index contributed by atoms with van der Waals surface area (Å²) in [7, 11) is 0. The van der Waals surface area contributed by atoms with Crippen LogP contribution in [0.4, 0.5) is 8.78 Å². The van der Waals surface area contributed by atoms with Crippen LogP contribution in [0.2, 0.25) is 0 Å². The summed E-state index contributed by atoms with van der Waals surface area (Å²) < 4.78 is 34.1. The zero-order valence-corrected chi connectivity index (χ0v) is 14.5. The van der Waals surface area contributed by atoms with E-state index in [4.69, 9.17) is 9.84 Å². The van der Waals surface area contributed by atoms with Gasteiger partial charge in [-0.25, -0.2) is 8.78 Å². The van der Waals surface area contributed by atoms with Crippen LogP contribution in [0.15, 0.2) is 71.7 Å². The molecule has 27 heavy (non-hydrogen) atoms. The van der Waals surface area contributed by atoms with E-state index in [0.29, 0.717) is 16.9 Å². The normalized spacial score (nSPS) is 12.0. The second kappa shape index (κ2) is 8.60. The van der Waals surface area contributed by atoms with Crippen LogP contribution in [0.3, 0.4) is 0 Å². The second-order valence-corrected chi connectivity index (χ2v) is 6.14. The molecule has 1 heterocycles. The number of aliphatic hydroxyl groups is 1. The van der Waals surface area contributed by atoms with E-state index in [2.05, 4.69) is 0 Å². The Hall–Kier alpha value is -2.99. The molecule has 140 valence electrons. The summed E-state index contributed by atoms with van der Waals surface area (Å²) in [4.78, 5) is 12.2. The number of nitrogens with zero attached hydrogens (tertiary/aromatic N) is 1. The number of hydrogen-bond donors (Lipinski definition) is 1. The van der Waals surface area contributed by atoms with Gasteiger partial charge in [0.05, 0.1) is 13.2 Å². The van der Waals surface area contributed by atoms with E-state index in [-0.39, 0.29) is 31.1 Å². The first kappa shape index (κ1) is 18.8. The molecular weight excluding hydrogens is 352 g/mol. The van der Waals surface area contributed by atoms with Crippen LogP contribution in [-0.4, -0.2) is 9.67 Å². The Morgan fingerprint density at radius 2 is 1.67 bits per heavy atom. The van der Waals surface area contributed by atoms with Crippen molar-refractivity contribution in [2.45, 2.75) is 25.9 Å². The first-order valence-electron chi connectivity index (χ1n) is 8.46. The Balaban J connectivity index is 1.63. The first-order valence-corrected chi connectivity index (χ1v) is 8.46. The lowest BCUT2D eigenvalue weighted by Gasteiger charge is -2.12. The van der Waals surface area contributed by atoms with Crippen LogP contribution in [-0.2, 0) is 19.8 Å². The Kier molecular flexibility index (Phi) is 5.98. The predicted octanol–water partition coefficient (Wildman–Crippen LogP) is 3.77. The lowest BCUT2D eigenvalue weighted by atomic mass is 10.1. The van der Waals surface area contributed by atoms with Gasteiger partial charge in [-0.1, -0.05) is 36.4 Å². The molecule has 0 spiro atoms. The maximum atomic E-state index is 14.5. The topological polar surface area (TPSA) is 51.5 Å². The van der Waals surface area contributed by atoms with Gasteiger partial charge in [-0.3, -0.25) is 4.79 Å². The van der Waals surface area contributed by atoms with E-state index >= 15 is 0 Å². The maximum Gasteiger partial charge on any atom is 0.254 e. The lowest BCUT2D eigenvalue weighted by Crippen LogP contribution is -2.21. The average Bonchev–Trinajstić information content (AvgIpc) is 2.69. The van der Waals surface area contributed by atoms with Crippen LogP contribution >= 0.6 is 0 Å². The number of ether oxygens (including phenoxy) is 1. The summed E-state index contributed by atoms with van der Waals surface area (Å²) in [5.74, 6) is 0.0383. The molecule has 4 nitrogen and oxygen atoms in total. The number of alkyl halides is 1. The van der Waals surface area contributed by atoms with Crippen molar-refractivity contribution >= 4 is 0 Å². The molecule has 1 aromatic heterocycles. The minimum Gasteiger partial charge on any atom is -0.489 e. The third kappa shape index (κ3) is 5.01. The van der Waals surface area contributed by atoms with E-state index < -0.39 is 6.17 Å². The Labute approximate surface area is 155 Å². The quantitative estimate of drug-likeness (QED) is 0.688. The molecule has 0 aliphatic heterocycles. The smallest absolute Gasteiger partial charge is 0.254 e. The number of rotatable bonds is 7. The van der Waals surface area contributed by atoms with Crippen molar-refractivity contribution in [2.75, 3.05) is 0 Å². The summed E-state index contributed by atoms with van der Waals surface area (Å²) in [6, 6.07) is 15.3. The molecule has 6 heteroatoms. The fraction of sp³-hybridized carbons (Fsp3) is 0.190. The number of hydrogen-bond acceptors (Lipinski definition) is 3. The zero-order chi connectivity index (χ0) is 19.2. The minimum atomic E-state index is -1.35. The van der Waals surface area contributed by atoms with E-state index in [1.165, 1.54) is 29.0 Å². The fourth-order valence-electron chi connectivity index (χ4n) is 2.59. The van der Waals surface area contributed by atoms with Crippen molar-refractivity contribution in [1.29, 1.82) is 0 Å². The molecule has 0 saturated heterocycles. The fourth-order valence-corrected chi connectivity index (χ4v) is 2.59. The summed E-state index contributed by atoms with van der Waals surface area (Å²) in [6.07, 6.45) is 0.137. The standard InChI is InChI=1S/C21H19F2NO3/c22-18-7-3-16(4-8-18)14-27-19-9-10-24(21(26)11-19)12-20(23)17-5-1-15(13-25)2-6-17/h1-11,20,25H,12-14H2. The van der Waals surface area contributed by atoms with Crippen LogP contribution in [0.5, 0.6) is 5.75 Å². The van der Waals surface area contributed by atoms with Crippen molar-refractivity contribution in [3.05, 3.63) is 99.7 Å². The van der Waals surface area contributed by atoms with E-state index in [1.54, 1.807) is 42.5 Å². The third-order valence-electron chi connectivity index (χ3n) is 4.17. The largest absolute Gasteiger partial charge is 0.489 e. The molecule has 0 amide bonds. The molecule has 0 fully saturated rings. The summed E-state index contributed by atoms with van der Waals surface area (Å²) in [5.41, 5.74) is 1.54.